The second-order valence-electron chi connectivity index (χ2n) is 6.76. The van der Waals surface area contributed by atoms with Crippen LogP contribution in [0.15, 0.2) is 0 Å². The summed E-state index contributed by atoms with van der Waals surface area (Å²) < 4.78 is 0. The Morgan fingerprint density at radius 2 is 1.89 bits per heavy atom. The zero-order valence-electron chi connectivity index (χ0n) is 11.8. The Morgan fingerprint density at radius 1 is 1.28 bits per heavy atom. The maximum atomic E-state index is 12.2. The van der Waals surface area contributed by atoms with Crippen LogP contribution < -0.4 is 5.32 Å². The highest BCUT2D eigenvalue weighted by Gasteiger charge is 2.45. The first-order chi connectivity index (χ1) is 8.32. The van der Waals surface area contributed by atoms with E-state index >= 15 is 0 Å². The number of hydrogen-bond acceptors (Lipinski definition) is 2. The quantitative estimate of drug-likeness (QED) is 0.753. The zero-order valence-corrected chi connectivity index (χ0v) is 11.8. The molecule has 104 valence electrons. The fourth-order valence-electron chi connectivity index (χ4n) is 2.93. The third-order valence-corrected chi connectivity index (χ3v) is 4.88. The van der Waals surface area contributed by atoms with Crippen molar-refractivity contribution >= 4 is 6.03 Å². The van der Waals surface area contributed by atoms with Crippen molar-refractivity contribution in [2.24, 2.45) is 5.41 Å². The minimum atomic E-state index is -0.683. The fraction of sp³-hybridized carbons (Fsp3) is 0.929. The van der Waals surface area contributed by atoms with Gasteiger partial charge in [-0.3, -0.25) is 0 Å². The fourth-order valence-corrected chi connectivity index (χ4v) is 2.93. The smallest absolute Gasteiger partial charge is 0.317 e. The summed E-state index contributed by atoms with van der Waals surface area (Å²) in [5, 5.41) is 13.4. The molecule has 2 rings (SSSR count). The lowest BCUT2D eigenvalue weighted by atomic mass is 9.71. The van der Waals surface area contributed by atoms with E-state index in [4.69, 9.17) is 0 Å². The Hall–Kier alpha value is -0.770. The van der Waals surface area contributed by atoms with Gasteiger partial charge in [0.15, 0.2) is 0 Å². The van der Waals surface area contributed by atoms with Crippen LogP contribution in [0.25, 0.3) is 0 Å². The van der Waals surface area contributed by atoms with E-state index in [1.807, 2.05) is 25.7 Å². The van der Waals surface area contributed by atoms with E-state index in [9.17, 15) is 9.90 Å². The molecular formula is C14H26N2O2. The van der Waals surface area contributed by atoms with Crippen molar-refractivity contribution in [3.05, 3.63) is 0 Å². The van der Waals surface area contributed by atoms with E-state index in [1.54, 1.807) is 0 Å². The first-order valence-corrected chi connectivity index (χ1v) is 7.10. The molecule has 0 radical (unpaired) electrons. The first-order valence-electron chi connectivity index (χ1n) is 7.10. The van der Waals surface area contributed by atoms with Gasteiger partial charge in [0.25, 0.3) is 0 Å². The average Bonchev–Trinajstić information content (AvgIpc) is 2.74. The van der Waals surface area contributed by atoms with Gasteiger partial charge in [-0.05, 0) is 26.2 Å². The number of likely N-dealkylation sites (tertiary alicyclic amines) is 1. The molecule has 0 spiro atoms. The third kappa shape index (κ3) is 2.63. The first kappa shape index (κ1) is 13.7. The molecule has 1 saturated heterocycles. The molecule has 4 nitrogen and oxygen atoms in total. The number of piperidine rings is 1. The molecule has 2 N–H and O–H groups in total. The summed E-state index contributed by atoms with van der Waals surface area (Å²) in [5.41, 5.74) is -0.935. The van der Waals surface area contributed by atoms with Crippen molar-refractivity contribution in [1.29, 1.82) is 0 Å². The number of aliphatic hydroxyl groups is 1. The average molecular weight is 254 g/mol. The highest BCUT2D eigenvalue weighted by Crippen LogP contribution is 2.38. The summed E-state index contributed by atoms with van der Waals surface area (Å²) in [4.78, 5) is 14.0. The number of urea groups is 1. The van der Waals surface area contributed by atoms with E-state index < -0.39 is 5.60 Å². The largest absolute Gasteiger partial charge is 0.389 e. The minimum absolute atomic E-state index is 0.0467. The van der Waals surface area contributed by atoms with Gasteiger partial charge in [0.2, 0.25) is 0 Å². The normalized spacial score (nSPS) is 32.6. The third-order valence-electron chi connectivity index (χ3n) is 4.88. The second-order valence-corrected chi connectivity index (χ2v) is 6.76. The van der Waals surface area contributed by atoms with Crippen LogP contribution >= 0.6 is 0 Å². The van der Waals surface area contributed by atoms with Crippen LogP contribution in [-0.2, 0) is 0 Å². The molecule has 0 aromatic heterocycles. The lowest BCUT2D eigenvalue weighted by Gasteiger charge is -2.48. The van der Waals surface area contributed by atoms with Crippen molar-refractivity contribution in [3.63, 3.8) is 0 Å². The minimum Gasteiger partial charge on any atom is -0.389 e. The monoisotopic (exact) mass is 254 g/mol. The molecule has 18 heavy (non-hydrogen) atoms. The van der Waals surface area contributed by atoms with Gasteiger partial charge in [-0.25, -0.2) is 4.79 Å². The molecule has 0 aromatic carbocycles. The number of nitrogens with one attached hydrogen (secondary N) is 1. The van der Waals surface area contributed by atoms with E-state index in [-0.39, 0.29) is 11.4 Å². The Morgan fingerprint density at radius 3 is 2.44 bits per heavy atom. The SMILES string of the molecule is CC1(C)CN(C(=O)NC2CCCC2)CC[C@]1(C)O. The van der Waals surface area contributed by atoms with Crippen LogP contribution in [0.4, 0.5) is 4.79 Å². The van der Waals surface area contributed by atoms with Gasteiger partial charge < -0.3 is 15.3 Å². The highest BCUT2D eigenvalue weighted by molar-refractivity contribution is 5.74. The van der Waals surface area contributed by atoms with Crippen LogP contribution in [0, 0.1) is 5.41 Å². The predicted molar refractivity (Wildman–Crippen MR) is 71.4 cm³/mol. The van der Waals surface area contributed by atoms with Crippen LogP contribution in [-0.4, -0.2) is 40.8 Å². The van der Waals surface area contributed by atoms with Crippen LogP contribution in [0.2, 0.25) is 0 Å². The molecule has 0 unspecified atom stereocenters. The van der Waals surface area contributed by atoms with Gasteiger partial charge in [-0.15, -0.1) is 0 Å². The van der Waals surface area contributed by atoms with Crippen molar-refractivity contribution < 1.29 is 9.90 Å². The molecule has 1 heterocycles. The molecule has 4 heteroatoms. The summed E-state index contributed by atoms with van der Waals surface area (Å²) in [6, 6.07) is 0.411. The summed E-state index contributed by atoms with van der Waals surface area (Å²) in [7, 11) is 0. The van der Waals surface area contributed by atoms with Crippen LogP contribution in [0.3, 0.4) is 0 Å². The standard InChI is InChI=1S/C14H26N2O2/c1-13(2)10-16(9-8-14(13,3)18)12(17)15-11-6-4-5-7-11/h11,18H,4-10H2,1-3H3,(H,15,17)/t14-/m0/s1. The molecule has 1 saturated carbocycles. The van der Waals surface area contributed by atoms with Crippen molar-refractivity contribution in [1.82, 2.24) is 10.2 Å². The number of hydrogen-bond donors (Lipinski definition) is 2. The molecule has 2 amide bonds. The maximum absolute atomic E-state index is 12.2. The predicted octanol–water partition coefficient (Wildman–Crippen LogP) is 2.12. The van der Waals surface area contributed by atoms with E-state index in [2.05, 4.69) is 5.32 Å². The van der Waals surface area contributed by atoms with E-state index in [1.165, 1.54) is 12.8 Å². The van der Waals surface area contributed by atoms with Gasteiger partial charge in [0.1, 0.15) is 0 Å². The van der Waals surface area contributed by atoms with Crippen molar-refractivity contribution in [2.75, 3.05) is 13.1 Å². The van der Waals surface area contributed by atoms with E-state index in [0.717, 1.165) is 12.8 Å². The second kappa shape index (κ2) is 4.72. The van der Waals surface area contributed by atoms with Gasteiger partial charge in [0, 0.05) is 24.5 Å². The number of rotatable bonds is 1. The number of carbonyl (C=O) groups is 1. The maximum Gasteiger partial charge on any atom is 0.317 e. The molecule has 1 aliphatic carbocycles. The lowest BCUT2D eigenvalue weighted by molar-refractivity contribution is -0.0955. The Bertz CT molecular complexity index is 320. The van der Waals surface area contributed by atoms with Gasteiger partial charge >= 0.3 is 6.03 Å². The summed E-state index contributed by atoms with van der Waals surface area (Å²) in [6.07, 6.45) is 5.33. The topological polar surface area (TPSA) is 52.6 Å². The summed E-state index contributed by atoms with van der Waals surface area (Å²) in [5.74, 6) is 0. The van der Waals surface area contributed by atoms with Crippen LogP contribution in [0.5, 0.6) is 0 Å². The van der Waals surface area contributed by atoms with Gasteiger partial charge in [0.05, 0.1) is 5.60 Å². The van der Waals surface area contributed by atoms with Crippen molar-refractivity contribution in [3.8, 4) is 0 Å². The zero-order chi connectivity index (χ0) is 13.4. The molecule has 1 aliphatic heterocycles. The molecule has 2 fully saturated rings. The Balaban J connectivity index is 1.92. The summed E-state index contributed by atoms with van der Waals surface area (Å²) >= 11 is 0. The molecule has 1 atom stereocenters. The number of nitrogens with zero attached hydrogens (tertiary/aromatic N) is 1. The highest BCUT2D eigenvalue weighted by atomic mass is 16.3. The molecule has 0 aromatic rings. The van der Waals surface area contributed by atoms with Gasteiger partial charge in [-0.2, -0.15) is 0 Å². The van der Waals surface area contributed by atoms with Crippen molar-refractivity contribution in [2.45, 2.75) is 64.5 Å². The van der Waals surface area contributed by atoms with Gasteiger partial charge in [-0.1, -0.05) is 26.7 Å². The number of carbonyl (C=O) groups excluding carboxylic acids is 1. The van der Waals surface area contributed by atoms with Crippen LogP contribution in [0.1, 0.15) is 52.9 Å². The molecular weight excluding hydrogens is 228 g/mol. The molecule has 2 aliphatic rings. The molecule has 0 bridgehead atoms. The number of amides is 2. The Kier molecular flexibility index (Phi) is 3.58. The van der Waals surface area contributed by atoms with E-state index in [0.29, 0.717) is 25.6 Å². The lowest BCUT2D eigenvalue weighted by Crippen LogP contribution is -2.59. The summed E-state index contributed by atoms with van der Waals surface area (Å²) in [6.45, 7) is 7.21. The Labute approximate surface area is 110 Å².